The molecular formula is C41H50F4N8O8S. The van der Waals surface area contributed by atoms with E-state index in [4.69, 9.17) is 4.74 Å². The Balaban J connectivity index is 0.987. The van der Waals surface area contributed by atoms with Crippen molar-refractivity contribution in [3.05, 3.63) is 65.0 Å². The van der Waals surface area contributed by atoms with Gasteiger partial charge in [0.05, 0.1) is 12.1 Å². The Morgan fingerprint density at radius 3 is 2.37 bits per heavy atom. The summed E-state index contributed by atoms with van der Waals surface area (Å²) in [5, 5.41) is 16.6. The highest BCUT2D eigenvalue weighted by Gasteiger charge is 2.59. The van der Waals surface area contributed by atoms with E-state index in [1.807, 2.05) is 11.8 Å². The molecule has 3 fully saturated rings. The fourth-order valence-electron chi connectivity index (χ4n) is 8.23. The molecule has 9 amide bonds. The number of anilines is 1. The zero-order valence-electron chi connectivity index (χ0n) is 34.0. The molecule has 1 aliphatic carbocycles. The Hall–Kier alpha value is -5.60. The molecule has 0 unspecified atom stereocenters. The van der Waals surface area contributed by atoms with Gasteiger partial charge in [0.2, 0.25) is 23.3 Å². The Labute approximate surface area is 359 Å². The van der Waals surface area contributed by atoms with Crippen LogP contribution in [-0.4, -0.2) is 114 Å². The van der Waals surface area contributed by atoms with Crippen molar-refractivity contribution in [3.63, 3.8) is 0 Å². The van der Waals surface area contributed by atoms with Crippen LogP contribution in [-0.2, 0) is 42.5 Å². The number of carbonyl (C=O) groups is 7. The van der Waals surface area contributed by atoms with Gasteiger partial charge in [0.25, 0.3) is 5.91 Å². The topological polar surface area (TPSA) is 207 Å². The van der Waals surface area contributed by atoms with Crippen molar-refractivity contribution in [2.75, 3.05) is 37.8 Å². The van der Waals surface area contributed by atoms with E-state index >= 15 is 0 Å². The molecule has 0 saturated carbocycles. The van der Waals surface area contributed by atoms with E-state index in [0.717, 1.165) is 30.7 Å². The van der Waals surface area contributed by atoms with Crippen molar-refractivity contribution < 1.29 is 55.9 Å². The van der Waals surface area contributed by atoms with Gasteiger partial charge in [-0.1, -0.05) is 24.6 Å². The Morgan fingerprint density at radius 1 is 0.968 bits per heavy atom. The summed E-state index contributed by atoms with van der Waals surface area (Å²) in [6.45, 7) is -1.29. The number of unbranched alkanes of at least 4 members (excludes halogenated alkanes) is 2. The minimum absolute atomic E-state index is 0.00141. The van der Waals surface area contributed by atoms with E-state index in [-0.39, 0.29) is 49.0 Å². The minimum Gasteiger partial charge on any atom is -0.427 e. The van der Waals surface area contributed by atoms with Crippen LogP contribution in [0.15, 0.2) is 42.5 Å². The maximum Gasteiger partial charge on any atom is 0.418 e. The van der Waals surface area contributed by atoms with Gasteiger partial charge < -0.3 is 41.5 Å². The van der Waals surface area contributed by atoms with Crippen LogP contribution in [0.5, 0.6) is 0 Å². The van der Waals surface area contributed by atoms with Crippen LogP contribution in [0.3, 0.4) is 0 Å². The number of aryl methyl sites for hydroxylation is 1. The summed E-state index contributed by atoms with van der Waals surface area (Å²) in [5.41, 5.74) is -0.378. The number of hydrogen-bond donors (Lipinski definition) is 6. The number of benzene rings is 2. The molecule has 3 aliphatic heterocycles. The molecule has 0 aromatic heterocycles. The van der Waals surface area contributed by atoms with Crippen molar-refractivity contribution in [3.8, 4) is 0 Å². The summed E-state index contributed by atoms with van der Waals surface area (Å²) in [6, 6.07) is 6.14. The van der Waals surface area contributed by atoms with Crippen LogP contribution in [0.1, 0.15) is 74.5 Å². The SMILES string of the molecule is CNC(=O)Nc1ccc2c(c1)CC[C@@]21OC(=O)N(CC(=O)N(Cc2ccc(F)cc2)[C@@H](CCC(=O)NCCCCNC(=O)CCCC[C@@H]2SC[C@@H]3NC(=O)N[C@@H]32)C(F)(F)F)C1=O. The number of imide groups is 1. The maximum atomic E-state index is 14.8. The fourth-order valence-corrected chi connectivity index (χ4v) is 9.77. The number of fused-ring (bicyclic) bond motifs is 3. The third-order valence-electron chi connectivity index (χ3n) is 11.5. The summed E-state index contributed by atoms with van der Waals surface area (Å²) >= 11 is 1.82. The van der Waals surface area contributed by atoms with Gasteiger partial charge in [0.1, 0.15) is 18.4 Å². The lowest BCUT2D eigenvalue weighted by molar-refractivity contribution is -0.193. The molecule has 21 heteroatoms. The van der Waals surface area contributed by atoms with E-state index in [1.165, 1.54) is 31.3 Å². The molecule has 4 aliphatic rings. The van der Waals surface area contributed by atoms with Gasteiger partial charge in [-0.05, 0) is 73.9 Å². The molecule has 6 N–H and O–H groups in total. The third-order valence-corrected chi connectivity index (χ3v) is 13.0. The molecule has 0 radical (unpaired) electrons. The smallest absolute Gasteiger partial charge is 0.418 e. The number of ether oxygens (including phenoxy) is 1. The molecular weight excluding hydrogens is 841 g/mol. The predicted octanol–water partition coefficient (Wildman–Crippen LogP) is 4.18. The van der Waals surface area contributed by atoms with Crippen molar-refractivity contribution in [2.24, 2.45) is 0 Å². The van der Waals surface area contributed by atoms with Crippen LogP contribution in [0.2, 0.25) is 0 Å². The second-order valence-corrected chi connectivity index (χ2v) is 17.0. The van der Waals surface area contributed by atoms with Crippen LogP contribution < -0.4 is 31.9 Å². The van der Waals surface area contributed by atoms with Crippen LogP contribution >= 0.6 is 11.8 Å². The molecule has 3 saturated heterocycles. The molecule has 5 atom stereocenters. The number of amides is 9. The lowest BCUT2D eigenvalue weighted by Gasteiger charge is -2.34. The lowest BCUT2D eigenvalue weighted by atomic mass is 9.94. The first-order valence-electron chi connectivity index (χ1n) is 20.6. The molecule has 1 spiro atoms. The fraction of sp³-hybridized carbons (Fsp3) is 0.537. The third kappa shape index (κ3) is 11.1. The Kier molecular flexibility index (Phi) is 14.9. The average molecular weight is 891 g/mol. The summed E-state index contributed by atoms with van der Waals surface area (Å²) in [4.78, 5) is 90.2. The van der Waals surface area contributed by atoms with Gasteiger partial charge in [-0.15, -0.1) is 0 Å². The second-order valence-electron chi connectivity index (χ2n) is 15.7. The molecule has 3 heterocycles. The number of nitrogens with one attached hydrogen (secondary N) is 6. The number of rotatable bonds is 19. The quantitative estimate of drug-likeness (QED) is 0.0679. The molecule has 2 aromatic rings. The van der Waals surface area contributed by atoms with Gasteiger partial charge in [0, 0.05) is 68.2 Å². The van der Waals surface area contributed by atoms with Crippen LogP contribution in [0.4, 0.5) is 37.6 Å². The minimum atomic E-state index is -5.06. The van der Waals surface area contributed by atoms with Crippen LogP contribution in [0, 0.1) is 5.82 Å². The number of carbonyl (C=O) groups excluding carboxylic acids is 7. The monoisotopic (exact) mass is 890 g/mol. The Morgan fingerprint density at radius 2 is 1.68 bits per heavy atom. The number of halogens is 4. The first-order valence-corrected chi connectivity index (χ1v) is 21.6. The van der Waals surface area contributed by atoms with Crippen molar-refractivity contribution >= 4 is 59.2 Å². The van der Waals surface area contributed by atoms with E-state index < -0.39 is 79.4 Å². The number of urea groups is 2. The molecule has 2 aromatic carbocycles. The van der Waals surface area contributed by atoms with Crippen molar-refractivity contribution in [2.45, 2.75) is 106 Å². The van der Waals surface area contributed by atoms with Crippen molar-refractivity contribution in [1.82, 2.24) is 36.4 Å². The van der Waals surface area contributed by atoms with E-state index in [1.54, 1.807) is 6.07 Å². The van der Waals surface area contributed by atoms with Gasteiger partial charge in [-0.25, -0.2) is 23.7 Å². The van der Waals surface area contributed by atoms with Gasteiger partial charge in [0.15, 0.2) is 0 Å². The highest BCUT2D eigenvalue weighted by molar-refractivity contribution is 8.00. The average Bonchev–Trinajstić information content (AvgIpc) is 3.96. The summed E-state index contributed by atoms with van der Waals surface area (Å²) < 4.78 is 63.7. The van der Waals surface area contributed by atoms with Gasteiger partial charge in [-0.3, -0.25) is 19.2 Å². The summed E-state index contributed by atoms with van der Waals surface area (Å²) in [7, 11) is 1.43. The number of hydrogen-bond acceptors (Lipinski definition) is 9. The molecule has 62 heavy (non-hydrogen) atoms. The van der Waals surface area contributed by atoms with Crippen LogP contribution in [0.25, 0.3) is 0 Å². The van der Waals surface area contributed by atoms with E-state index in [2.05, 4.69) is 31.9 Å². The van der Waals surface area contributed by atoms with E-state index in [9.17, 15) is 51.1 Å². The Bertz CT molecular complexity index is 2030. The second kappa shape index (κ2) is 20.1. The highest BCUT2D eigenvalue weighted by Crippen LogP contribution is 2.46. The van der Waals surface area contributed by atoms with Gasteiger partial charge >= 0.3 is 24.3 Å². The predicted molar refractivity (Wildman–Crippen MR) is 218 cm³/mol. The van der Waals surface area contributed by atoms with Gasteiger partial charge in [-0.2, -0.15) is 24.9 Å². The zero-order chi connectivity index (χ0) is 44.6. The highest BCUT2D eigenvalue weighted by atomic mass is 32.2. The molecule has 16 nitrogen and oxygen atoms in total. The standard InChI is InChI=1S/C41H50F4N8O8S/c1-46-37(58)49-27-12-13-28-25(20-27)16-17-40(28)36(57)53(39(60)61-40)22-34(56)52(21-24-8-10-26(42)11-9-24)31(41(43,44)45)14-15-33(55)48-19-5-4-18-47-32(54)7-3-2-6-30-35-29(23-62-30)50-38(59)51-35/h8-13,20,29-31,35H,2-7,14-19,21-23H2,1H3,(H,47,54)(H,48,55)(H2,46,49,58)(H2,50,51,59)/t29-,30-,31-,35-,40+/m0/s1. The molecule has 0 bridgehead atoms. The first-order chi connectivity index (χ1) is 29.6. The van der Waals surface area contributed by atoms with E-state index in [0.29, 0.717) is 64.1 Å². The normalized spacial score (nSPS) is 21.7. The largest absolute Gasteiger partial charge is 0.427 e. The number of alkyl halides is 3. The molecule has 6 rings (SSSR count). The zero-order valence-corrected chi connectivity index (χ0v) is 34.9. The molecule has 336 valence electrons. The summed E-state index contributed by atoms with van der Waals surface area (Å²) in [5.74, 6) is -2.80. The first kappa shape index (κ1) is 45.9. The number of thioether (sulfide) groups is 1. The lowest BCUT2D eigenvalue weighted by Crippen LogP contribution is -2.52. The van der Waals surface area contributed by atoms with Crippen molar-refractivity contribution in [1.29, 1.82) is 0 Å². The summed E-state index contributed by atoms with van der Waals surface area (Å²) in [6.07, 6.45) is -3.78. The number of nitrogens with zero attached hydrogens (tertiary/aromatic N) is 2. The maximum absolute atomic E-state index is 14.8.